The van der Waals surface area contributed by atoms with Crippen LogP contribution in [-0.4, -0.2) is 49.8 Å². The number of ether oxygens (including phenoxy) is 1. The van der Waals surface area contributed by atoms with Crippen molar-refractivity contribution in [1.82, 2.24) is 10.2 Å². The molecule has 1 aliphatic rings. The first-order valence-electron chi connectivity index (χ1n) is 6.79. The van der Waals surface area contributed by atoms with Crippen LogP contribution in [0.5, 0.6) is 0 Å². The van der Waals surface area contributed by atoms with Crippen LogP contribution in [0.25, 0.3) is 0 Å². The molecule has 1 heterocycles. The van der Waals surface area contributed by atoms with Gasteiger partial charge in [0.15, 0.2) is 0 Å². The third kappa shape index (κ3) is 5.28. The van der Waals surface area contributed by atoms with Crippen molar-refractivity contribution in [1.29, 1.82) is 0 Å². The maximum Gasteiger partial charge on any atom is 0.0593 e. The molecule has 1 saturated heterocycles. The van der Waals surface area contributed by atoms with Crippen LogP contribution in [0, 0.1) is 0 Å². The van der Waals surface area contributed by atoms with Gasteiger partial charge in [0, 0.05) is 31.8 Å². The molecule has 0 aromatic rings. The average Bonchev–Trinajstić information content (AvgIpc) is 2.29. The quantitative estimate of drug-likeness (QED) is 0.673. The fraction of sp³-hybridized carbons (Fsp3) is 1.00. The zero-order valence-corrected chi connectivity index (χ0v) is 11.2. The predicted molar refractivity (Wildman–Crippen MR) is 68.8 cm³/mol. The Morgan fingerprint density at radius 1 is 1.38 bits per heavy atom. The van der Waals surface area contributed by atoms with Gasteiger partial charge in [-0.25, -0.2) is 0 Å². The molecule has 0 aromatic carbocycles. The van der Waals surface area contributed by atoms with Crippen molar-refractivity contribution in [2.45, 2.75) is 52.1 Å². The summed E-state index contributed by atoms with van der Waals surface area (Å²) in [7, 11) is 0. The summed E-state index contributed by atoms with van der Waals surface area (Å²) in [4.78, 5) is 2.53. The van der Waals surface area contributed by atoms with Crippen LogP contribution in [-0.2, 0) is 4.74 Å². The molecule has 1 aliphatic heterocycles. The second kappa shape index (κ2) is 8.04. The molecule has 1 fully saturated rings. The first-order chi connectivity index (χ1) is 7.74. The molecule has 16 heavy (non-hydrogen) atoms. The second-order valence-electron chi connectivity index (χ2n) is 4.93. The van der Waals surface area contributed by atoms with E-state index >= 15 is 0 Å². The van der Waals surface area contributed by atoms with Crippen LogP contribution in [0.15, 0.2) is 0 Å². The Balaban J connectivity index is 2.25. The molecule has 1 atom stereocenters. The topological polar surface area (TPSA) is 24.5 Å². The Morgan fingerprint density at radius 2 is 2.19 bits per heavy atom. The van der Waals surface area contributed by atoms with Gasteiger partial charge in [-0.15, -0.1) is 0 Å². The third-order valence-corrected chi connectivity index (χ3v) is 3.32. The van der Waals surface area contributed by atoms with Crippen LogP contribution in [0.4, 0.5) is 0 Å². The highest BCUT2D eigenvalue weighted by Gasteiger charge is 2.18. The van der Waals surface area contributed by atoms with E-state index in [1.165, 1.54) is 32.4 Å². The number of nitrogens with one attached hydrogen (secondary N) is 1. The van der Waals surface area contributed by atoms with Crippen molar-refractivity contribution in [2.24, 2.45) is 0 Å². The molecule has 0 amide bonds. The zero-order chi connectivity index (χ0) is 11.8. The second-order valence-corrected chi connectivity index (χ2v) is 4.93. The van der Waals surface area contributed by atoms with Gasteiger partial charge >= 0.3 is 0 Å². The summed E-state index contributed by atoms with van der Waals surface area (Å²) in [5.41, 5.74) is 0. The van der Waals surface area contributed by atoms with Crippen LogP contribution >= 0.6 is 0 Å². The standard InChI is InChI=1S/C13H28N2O/c1-4-16-10-9-15(12(2)3)11-13-7-5-6-8-14-13/h12-14H,4-11H2,1-3H3. The number of rotatable bonds is 7. The van der Waals surface area contributed by atoms with Gasteiger partial charge in [0.25, 0.3) is 0 Å². The Labute approximate surface area is 101 Å². The summed E-state index contributed by atoms with van der Waals surface area (Å²) in [5, 5.41) is 3.61. The van der Waals surface area contributed by atoms with Gasteiger partial charge in [0.05, 0.1) is 6.61 Å². The summed E-state index contributed by atoms with van der Waals surface area (Å²) in [6, 6.07) is 1.31. The fourth-order valence-corrected chi connectivity index (χ4v) is 2.25. The van der Waals surface area contributed by atoms with E-state index in [0.717, 1.165) is 19.8 Å². The number of nitrogens with zero attached hydrogens (tertiary/aromatic N) is 1. The number of piperidine rings is 1. The van der Waals surface area contributed by atoms with Gasteiger partial charge in [-0.05, 0) is 40.2 Å². The minimum Gasteiger partial charge on any atom is -0.380 e. The van der Waals surface area contributed by atoms with Crippen molar-refractivity contribution in [3.05, 3.63) is 0 Å². The minimum atomic E-state index is 0.615. The van der Waals surface area contributed by atoms with E-state index in [2.05, 4.69) is 31.0 Å². The first kappa shape index (κ1) is 13.9. The Bertz CT molecular complexity index is 167. The lowest BCUT2D eigenvalue weighted by atomic mass is 10.0. The van der Waals surface area contributed by atoms with Crippen molar-refractivity contribution < 1.29 is 4.74 Å². The lowest BCUT2D eigenvalue weighted by molar-refractivity contribution is 0.0931. The van der Waals surface area contributed by atoms with Crippen LogP contribution in [0.3, 0.4) is 0 Å². The molecule has 1 rings (SSSR count). The molecule has 96 valence electrons. The van der Waals surface area contributed by atoms with E-state index in [1.54, 1.807) is 0 Å². The van der Waals surface area contributed by atoms with Gasteiger partial charge in [0.1, 0.15) is 0 Å². The van der Waals surface area contributed by atoms with Crippen LogP contribution in [0.2, 0.25) is 0 Å². The fourth-order valence-electron chi connectivity index (χ4n) is 2.25. The lowest BCUT2D eigenvalue weighted by Crippen LogP contribution is -2.46. The van der Waals surface area contributed by atoms with E-state index in [0.29, 0.717) is 12.1 Å². The Hall–Kier alpha value is -0.120. The van der Waals surface area contributed by atoms with Crippen LogP contribution in [0.1, 0.15) is 40.0 Å². The lowest BCUT2D eigenvalue weighted by Gasteiger charge is -2.33. The van der Waals surface area contributed by atoms with E-state index in [1.807, 2.05) is 0 Å². The highest BCUT2D eigenvalue weighted by atomic mass is 16.5. The average molecular weight is 228 g/mol. The minimum absolute atomic E-state index is 0.615. The van der Waals surface area contributed by atoms with Gasteiger partial charge in [-0.2, -0.15) is 0 Å². The zero-order valence-electron chi connectivity index (χ0n) is 11.2. The molecule has 1 unspecified atom stereocenters. The van der Waals surface area contributed by atoms with E-state index in [4.69, 9.17) is 4.74 Å². The van der Waals surface area contributed by atoms with Crippen molar-refractivity contribution >= 4 is 0 Å². The Morgan fingerprint density at radius 3 is 2.75 bits per heavy atom. The number of hydrogen-bond donors (Lipinski definition) is 1. The summed E-state index contributed by atoms with van der Waals surface area (Å²) in [6.45, 7) is 11.7. The van der Waals surface area contributed by atoms with E-state index < -0.39 is 0 Å². The Kier molecular flexibility index (Phi) is 7.01. The monoisotopic (exact) mass is 228 g/mol. The van der Waals surface area contributed by atoms with Gasteiger partial charge in [0.2, 0.25) is 0 Å². The molecule has 0 radical (unpaired) electrons. The normalized spacial score (nSPS) is 21.9. The summed E-state index contributed by atoms with van der Waals surface area (Å²) in [6.07, 6.45) is 4.06. The highest BCUT2D eigenvalue weighted by Crippen LogP contribution is 2.10. The highest BCUT2D eigenvalue weighted by molar-refractivity contribution is 4.77. The van der Waals surface area contributed by atoms with Gasteiger partial charge in [-0.1, -0.05) is 6.42 Å². The molecule has 0 spiro atoms. The molecule has 1 N–H and O–H groups in total. The van der Waals surface area contributed by atoms with Crippen molar-refractivity contribution in [3.63, 3.8) is 0 Å². The van der Waals surface area contributed by atoms with E-state index in [9.17, 15) is 0 Å². The molecule has 0 saturated carbocycles. The summed E-state index contributed by atoms with van der Waals surface area (Å²) < 4.78 is 5.44. The summed E-state index contributed by atoms with van der Waals surface area (Å²) >= 11 is 0. The van der Waals surface area contributed by atoms with Gasteiger partial charge in [-0.3, -0.25) is 4.90 Å². The summed E-state index contributed by atoms with van der Waals surface area (Å²) in [5.74, 6) is 0. The maximum atomic E-state index is 5.44. The molecular weight excluding hydrogens is 200 g/mol. The van der Waals surface area contributed by atoms with Crippen molar-refractivity contribution in [2.75, 3.05) is 32.8 Å². The maximum absolute atomic E-state index is 5.44. The van der Waals surface area contributed by atoms with Crippen LogP contribution < -0.4 is 5.32 Å². The molecular formula is C13H28N2O. The van der Waals surface area contributed by atoms with Crippen molar-refractivity contribution in [3.8, 4) is 0 Å². The number of hydrogen-bond acceptors (Lipinski definition) is 3. The SMILES string of the molecule is CCOCCN(CC1CCCCN1)C(C)C. The van der Waals surface area contributed by atoms with Gasteiger partial charge < -0.3 is 10.1 Å². The molecule has 0 aromatic heterocycles. The largest absolute Gasteiger partial charge is 0.380 e. The first-order valence-corrected chi connectivity index (χ1v) is 6.79. The molecule has 0 bridgehead atoms. The molecule has 3 heteroatoms. The smallest absolute Gasteiger partial charge is 0.0593 e. The van der Waals surface area contributed by atoms with E-state index in [-0.39, 0.29) is 0 Å². The molecule has 3 nitrogen and oxygen atoms in total. The predicted octanol–water partition coefficient (Wildman–Crippen LogP) is 1.88. The molecule has 0 aliphatic carbocycles. The third-order valence-electron chi connectivity index (χ3n) is 3.32.